The van der Waals surface area contributed by atoms with E-state index in [1.165, 1.54) is 37.9 Å². The summed E-state index contributed by atoms with van der Waals surface area (Å²) in [4.78, 5) is 1.67. The van der Waals surface area contributed by atoms with Gasteiger partial charge in [-0.15, -0.1) is 0 Å². The van der Waals surface area contributed by atoms with Crippen molar-refractivity contribution >= 4 is 0 Å². The van der Waals surface area contributed by atoms with E-state index in [-0.39, 0.29) is 0 Å². The molecule has 3 rings (SSSR count). The molecule has 3 nitrogen and oxygen atoms in total. The van der Waals surface area contributed by atoms with Crippen molar-refractivity contribution in [3.8, 4) is 11.5 Å². The first-order valence-electron chi connectivity index (χ1n) is 9.57. The van der Waals surface area contributed by atoms with Gasteiger partial charge in [-0.05, 0) is 49.8 Å². The lowest BCUT2D eigenvalue weighted by Gasteiger charge is -2.29. The van der Waals surface area contributed by atoms with Crippen LogP contribution in [0, 0.1) is 5.92 Å². The van der Waals surface area contributed by atoms with E-state index in [9.17, 15) is 0 Å². The molecule has 1 saturated heterocycles. The minimum Gasteiger partial charge on any atom is -0.490 e. The Labute approximate surface area is 151 Å². The lowest BCUT2D eigenvalue weighted by Crippen LogP contribution is -3.13. The molecule has 0 saturated carbocycles. The van der Waals surface area contributed by atoms with Crippen molar-refractivity contribution in [3.05, 3.63) is 60.2 Å². The van der Waals surface area contributed by atoms with E-state index in [1.807, 2.05) is 31.2 Å². The number of likely N-dealkylation sites (tertiary alicyclic amines) is 1. The average Bonchev–Trinajstić information content (AvgIpc) is 2.66. The van der Waals surface area contributed by atoms with Gasteiger partial charge in [0.05, 0.1) is 19.7 Å². The van der Waals surface area contributed by atoms with E-state index in [2.05, 4.69) is 30.3 Å². The number of benzene rings is 2. The molecule has 25 heavy (non-hydrogen) atoms. The molecular weight excluding hydrogens is 310 g/mol. The molecule has 1 aliphatic rings. The molecular formula is C22H30NO2+. The molecule has 3 heteroatoms. The van der Waals surface area contributed by atoms with Crippen LogP contribution in [0.2, 0.25) is 0 Å². The average molecular weight is 340 g/mol. The lowest BCUT2D eigenvalue weighted by atomic mass is 9.90. The van der Waals surface area contributed by atoms with Crippen LogP contribution >= 0.6 is 0 Å². The Morgan fingerprint density at radius 2 is 1.52 bits per heavy atom. The Morgan fingerprint density at radius 3 is 2.20 bits per heavy atom. The van der Waals surface area contributed by atoms with E-state index < -0.39 is 0 Å². The van der Waals surface area contributed by atoms with E-state index in [1.54, 1.807) is 4.90 Å². The lowest BCUT2D eigenvalue weighted by molar-refractivity contribution is -0.906. The van der Waals surface area contributed by atoms with Gasteiger partial charge in [-0.25, -0.2) is 0 Å². The fourth-order valence-electron chi connectivity index (χ4n) is 3.64. The molecule has 1 aliphatic heterocycles. The molecule has 0 amide bonds. The number of hydrogen-bond donors (Lipinski definition) is 1. The summed E-state index contributed by atoms with van der Waals surface area (Å²) in [6.07, 6.45) is 3.87. The van der Waals surface area contributed by atoms with E-state index in [4.69, 9.17) is 9.47 Å². The molecule has 0 bridgehead atoms. The van der Waals surface area contributed by atoms with Crippen molar-refractivity contribution in [1.29, 1.82) is 0 Å². The molecule has 1 fully saturated rings. The van der Waals surface area contributed by atoms with Crippen molar-refractivity contribution in [1.82, 2.24) is 0 Å². The van der Waals surface area contributed by atoms with Crippen LogP contribution in [-0.4, -0.2) is 32.8 Å². The summed E-state index contributed by atoms with van der Waals surface area (Å²) >= 11 is 0. The fourth-order valence-corrected chi connectivity index (χ4v) is 3.64. The highest BCUT2D eigenvalue weighted by Crippen LogP contribution is 2.26. The zero-order chi connectivity index (χ0) is 17.3. The smallest absolute Gasteiger partial charge is 0.161 e. The standard InChI is InChI=1S/C22H29NO2/c1-2-24-21-10-6-7-11-22(21)25-17-16-23-14-12-20(13-15-23)18-19-8-4-3-5-9-19/h3-11,20H,2,12-18H2,1H3/p+1. The minimum atomic E-state index is 0.667. The molecule has 0 spiro atoms. The van der Waals surface area contributed by atoms with Gasteiger partial charge in [0, 0.05) is 0 Å². The summed E-state index contributed by atoms with van der Waals surface area (Å²) in [5.41, 5.74) is 1.48. The molecule has 1 N–H and O–H groups in total. The van der Waals surface area contributed by atoms with Gasteiger partial charge in [0.15, 0.2) is 11.5 Å². The number of para-hydroxylation sites is 2. The maximum absolute atomic E-state index is 5.97. The second-order valence-electron chi connectivity index (χ2n) is 6.86. The fraction of sp³-hybridized carbons (Fsp3) is 0.455. The summed E-state index contributed by atoms with van der Waals surface area (Å²) < 4.78 is 11.6. The molecule has 0 unspecified atom stereocenters. The van der Waals surface area contributed by atoms with Crippen LogP contribution in [-0.2, 0) is 6.42 Å². The molecule has 0 atom stereocenters. The number of nitrogens with one attached hydrogen (secondary N) is 1. The molecule has 1 heterocycles. The molecule has 2 aromatic rings. The third kappa shape index (κ3) is 5.50. The zero-order valence-corrected chi connectivity index (χ0v) is 15.2. The maximum atomic E-state index is 5.97. The first-order chi connectivity index (χ1) is 12.3. The van der Waals surface area contributed by atoms with Crippen LogP contribution in [0.1, 0.15) is 25.3 Å². The normalized spacial score (nSPS) is 20.2. The summed E-state index contributed by atoms with van der Waals surface area (Å²) in [5, 5.41) is 0. The van der Waals surface area contributed by atoms with E-state index in [0.29, 0.717) is 6.61 Å². The Balaban J connectivity index is 1.38. The highest BCUT2D eigenvalue weighted by atomic mass is 16.5. The molecule has 0 aliphatic carbocycles. The van der Waals surface area contributed by atoms with Gasteiger partial charge < -0.3 is 14.4 Å². The van der Waals surface area contributed by atoms with E-state index in [0.717, 1.165) is 30.6 Å². The van der Waals surface area contributed by atoms with Gasteiger partial charge in [0.2, 0.25) is 0 Å². The highest BCUT2D eigenvalue weighted by Gasteiger charge is 2.22. The van der Waals surface area contributed by atoms with Gasteiger partial charge >= 0.3 is 0 Å². The third-order valence-electron chi connectivity index (χ3n) is 5.04. The van der Waals surface area contributed by atoms with Gasteiger partial charge in [-0.1, -0.05) is 42.5 Å². The zero-order valence-electron chi connectivity index (χ0n) is 15.2. The molecule has 0 aromatic heterocycles. The van der Waals surface area contributed by atoms with Crippen molar-refractivity contribution in [2.45, 2.75) is 26.2 Å². The quantitative estimate of drug-likeness (QED) is 0.798. The van der Waals surface area contributed by atoms with Crippen molar-refractivity contribution in [2.75, 3.05) is 32.8 Å². The first-order valence-corrected chi connectivity index (χ1v) is 9.57. The number of rotatable bonds is 8. The van der Waals surface area contributed by atoms with Gasteiger partial charge in [0.25, 0.3) is 0 Å². The van der Waals surface area contributed by atoms with Crippen LogP contribution in [0.5, 0.6) is 11.5 Å². The third-order valence-corrected chi connectivity index (χ3v) is 5.04. The number of piperidine rings is 1. The van der Waals surface area contributed by atoms with Crippen LogP contribution in [0.3, 0.4) is 0 Å². The second-order valence-corrected chi connectivity index (χ2v) is 6.86. The van der Waals surface area contributed by atoms with Gasteiger partial charge in [-0.2, -0.15) is 0 Å². The largest absolute Gasteiger partial charge is 0.490 e. The summed E-state index contributed by atoms with van der Waals surface area (Å²) in [6, 6.07) is 18.8. The minimum absolute atomic E-state index is 0.667. The van der Waals surface area contributed by atoms with Crippen molar-refractivity contribution in [2.24, 2.45) is 5.92 Å². The molecule has 2 aromatic carbocycles. The monoisotopic (exact) mass is 340 g/mol. The van der Waals surface area contributed by atoms with E-state index >= 15 is 0 Å². The SMILES string of the molecule is CCOc1ccccc1OCC[NH+]1CCC(Cc2ccccc2)CC1. The van der Waals surface area contributed by atoms with Gasteiger partial charge in [-0.3, -0.25) is 0 Å². The van der Waals surface area contributed by atoms with Crippen molar-refractivity contribution in [3.63, 3.8) is 0 Å². The number of ether oxygens (including phenoxy) is 2. The van der Waals surface area contributed by atoms with Crippen LogP contribution in [0.15, 0.2) is 54.6 Å². The summed E-state index contributed by atoms with van der Waals surface area (Å²) in [7, 11) is 0. The maximum Gasteiger partial charge on any atom is 0.161 e. The predicted molar refractivity (Wildman–Crippen MR) is 102 cm³/mol. The topological polar surface area (TPSA) is 22.9 Å². The molecule has 0 radical (unpaired) electrons. The van der Waals surface area contributed by atoms with Crippen LogP contribution in [0.4, 0.5) is 0 Å². The van der Waals surface area contributed by atoms with Crippen LogP contribution in [0.25, 0.3) is 0 Å². The van der Waals surface area contributed by atoms with Crippen LogP contribution < -0.4 is 14.4 Å². The van der Waals surface area contributed by atoms with Gasteiger partial charge in [0.1, 0.15) is 13.2 Å². The predicted octanol–water partition coefficient (Wildman–Crippen LogP) is 3.00. The second kappa shape index (κ2) is 9.47. The first kappa shape index (κ1) is 17.8. The Bertz CT molecular complexity index is 621. The number of hydrogen-bond acceptors (Lipinski definition) is 2. The Hall–Kier alpha value is -2.00. The molecule has 134 valence electrons. The summed E-state index contributed by atoms with van der Waals surface area (Å²) in [6.45, 7) is 7.00. The highest BCUT2D eigenvalue weighted by molar-refractivity contribution is 5.39. The number of quaternary nitrogens is 1. The Morgan fingerprint density at radius 1 is 0.880 bits per heavy atom. The Kier molecular flexibility index (Phi) is 6.75. The summed E-state index contributed by atoms with van der Waals surface area (Å²) in [5.74, 6) is 2.55. The van der Waals surface area contributed by atoms with Crippen molar-refractivity contribution < 1.29 is 14.4 Å².